The van der Waals surface area contributed by atoms with Gasteiger partial charge in [0.2, 0.25) is 10.0 Å². The topological polar surface area (TPSA) is 46.6 Å². The third-order valence-corrected chi connectivity index (χ3v) is 5.26. The predicted octanol–water partition coefficient (Wildman–Crippen LogP) is 3.49. The molecule has 0 heterocycles. The van der Waals surface area contributed by atoms with Gasteiger partial charge in [0.15, 0.2) is 0 Å². The lowest BCUT2D eigenvalue weighted by molar-refractivity contribution is 0.337. The molecule has 1 rings (SSSR count). The third-order valence-electron chi connectivity index (χ3n) is 3.04. The number of ether oxygens (including phenoxy) is 1. The van der Waals surface area contributed by atoms with Gasteiger partial charge >= 0.3 is 0 Å². The number of benzene rings is 1. The van der Waals surface area contributed by atoms with Crippen LogP contribution < -0.4 is 4.74 Å². The maximum Gasteiger partial charge on any atom is 0.243 e. The van der Waals surface area contributed by atoms with E-state index in [1.54, 1.807) is 18.2 Å². The van der Waals surface area contributed by atoms with Crippen molar-refractivity contribution in [1.29, 1.82) is 0 Å². The Kier molecular flexibility index (Phi) is 6.97. The fourth-order valence-corrected chi connectivity index (χ4v) is 3.94. The van der Waals surface area contributed by atoms with Crippen molar-refractivity contribution in [3.05, 3.63) is 23.8 Å². The second-order valence-corrected chi connectivity index (χ2v) is 7.39. The highest BCUT2D eigenvalue weighted by Gasteiger charge is 2.24. The summed E-state index contributed by atoms with van der Waals surface area (Å²) in [5.74, 6) is 1.13. The number of halogens is 1. The minimum absolute atomic E-state index is 0.217. The summed E-state index contributed by atoms with van der Waals surface area (Å²) in [4.78, 5) is 0.268. The number of rotatable bonds is 8. The van der Waals surface area contributed by atoms with E-state index in [4.69, 9.17) is 16.3 Å². The van der Waals surface area contributed by atoms with Gasteiger partial charge in [-0.25, -0.2) is 8.42 Å². The van der Waals surface area contributed by atoms with Gasteiger partial charge in [-0.2, -0.15) is 4.31 Å². The molecule has 0 N–H and O–H groups in total. The first kappa shape index (κ1) is 18.3. The Morgan fingerprint density at radius 3 is 2.43 bits per heavy atom. The van der Waals surface area contributed by atoms with Gasteiger partial charge in [0.05, 0.1) is 17.4 Å². The molecule has 0 spiro atoms. The number of alkyl halides is 1. The van der Waals surface area contributed by atoms with Gasteiger partial charge in [-0.3, -0.25) is 0 Å². The number of nitrogens with zero attached hydrogens (tertiary/aromatic N) is 1. The van der Waals surface area contributed by atoms with Crippen molar-refractivity contribution in [2.24, 2.45) is 5.92 Å². The smallest absolute Gasteiger partial charge is 0.243 e. The zero-order valence-corrected chi connectivity index (χ0v) is 14.7. The molecule has 0 radical (unpaired) electrons. The zero-order valence-electron chi connectivity index (χ0n) is 13.1. The lowest BCUT2D eigenvalue weighted by atomic mass is 10.2. The van der Waals surface area contributed by atoms with Crippen LogP contribution in [0.15, 0.2) is 23.1 Å². The van der Waals surface area contributed by atoms with E-state index in [1.807, 2.05) is 27.7 Å². The van der Waals surface area contributed by atoms with E-state index in [-0.39, 0.29) is 16.7 Å². The maximum atomic E-state index is 12.7. The fourth-order valence-electron chi connectivity index (χ4n) is 2.07. The van der Waals surface area contributed by atoms with Crippen molar-refractivity contribution in [2.45, 2.75) is 38.5 Å². The van der Waals surface area contributed by atoms with Crippen LogP contribution in [0.1, 0.15) is 33.3 Å². The highest BCUT2D eigenvalue weighted by atomic mass is 35.5. The Balaban J connectivity index is 3.18. The van der Waals surface area contributed by atoms with Gasteiger partial charge in [0, 0.05) is 18.7 Å². The number of sulfonamides is 1. The summed E-state index contributed by atoms with van der Waals surface area (Å²) in [6.07, 6.45) is 0. The van der Waals surface area contributed by atoms with Gasteiger partial charge in [0.1, 0.15) is 5.75 Å². The molecule has 0 unspecified atom stereocenters. The molecule has 0 amide bonds. The van der Waals surface area contributed by atoms with Crippen LogP contribution in [0.25, 0.3) is 0 Å². The molecule has 4 nitrogen and oxygen atoms in total. The van der Waals surface area contributed by atoms with Crippen LogP contribution in [0.5, 0.6) is 5.75 Å². The lowest BCUT2D eigenvalue weighted by Gasteiger charge is -2.23. The van der Waals surface area contributed by atoms with E-state index >= 15 is 0 Å². The first-order chi connectivity index (χ1) is 9.86. The van der Waals surface area contributed by atoms with Gasteiger partial charge < -0.3 is 4.74 Å². The SMILES string of the molecule is CCOc1ccc(S(=O)(=O)N(CC)CC(C)C)cc1CCl. The number of hydrogen-bond donors (Lipinski definition) is 0. The van der Waals surface area contributed by atoms with E-state index < -0.39 is 10.0 Å². The molecule has 6 heteroatoms. The molecule has 1 aromatic rings. The van der Waals surface area contributed by atoms with Crippen LogP contribution in [0.4, 0.5) is 0 Å². The second-order valence-electron chi connectivity index (χ2n) is 5.19. The van der Waals surface area contributed by atoms with Crippen molar-refractivity contribution < 1.29 is 13.2 Å². The molecule has 0 fully saturated rings. The zero-order chi connectivity index (χ0) is 16.0. The van der Waals surface area contributed by atoms with Crippen LogP contribution in [-0.4, -0.2) is 32.4 Å². The molecular formula is C15H24ClNO3S. The average molecular weight is 334 g/mol. The highest BCUT2D eigenvalue weighted by Crippen LogP contribution is 2.26. The molecule has 0 saturated heterocycles. The van der Waals surface area contributed by atoms with Crippen molar-refractivity contribution >= 4 is 21.6 Å². The lowest BCUT2D eigenvalue weighted by Crippen LogP contribution is -2.34. The van der Waals surface area contributed by atoms with E-state index in [2.05, 4.69) is 0 Å². The van der Waals surface area contributed by atoms with Crippen molar-refractivity contribution in [3.63, 3.8) is 0 Å². The minimum Gasteiger partial charge on any atom is -0.494 e. The van der Waals surface area contributed by atoms with Gasteiger partial charge in [-0.1, -0.05) is 20.8 Å². The van der Waals surface area contributed by atoms with Crippen LogP contribution in [-0.2, 0) is 15.9 Å². The van der Waals surface area contributed by atoms with Crippen LogP contribution in [0.3, 0.4) is 0 Å². The van der Waals surface area contributed by atoms with E-state index in [1.165, 1.54) is 4.31 Å². The number of hydrogen-bond acceptors (Lipinski definition) is 3. The Morgan fingerprint density at radius 1 is 1.29 bits per heavy atom. The second kappa shape index (κ2) is 8.01. The Labute approximate surface area is 133 Å². The predicted molar refractivity (Wildman–Crippen MR) is 86.4 cm³/mol. The molecule has 21 heavy (non-hydrogen) atoms. The van der Waals surface area contributed by atoms with Crippen molar-refractivity contribution in [1.82, 2.24) is 4.31 Å². The molecule has 1 aromatic carbocycles. The van der Waals surface area contributed by atoms with Crippen molar-refractivity contribution in [3.8, 4) is 5.75 Å². The Bertz CT molecular complexity index is 558. The first-order valence-electron chi connectivity index (χ1n) is 7.18. The molecule has 0 atom stereocenters. The molecule has 0 saturated carbocycles. The van der Waals surface area contributed by atoms with Gasteiger partial charge in [-0.05, 0) is 31.0 Å². The standard InChI is InChI=1S/C15H24ClNO3S/c1-5-17(11-12(3)4)21(18,19)14-7-8-15(20-6-2)13(9-14)10-16/h7-9,12H,5-6,10-11H2,1-4H3. The van der Waals surface area contributed by atoms with Crippen LogP contribution in [0.2, 0.25) is 0 Å². The summed E-state index contributed by atoms with van der Waals surface area (Å²) in [5.41, 5.74) is 0.695. The summed E-state index contributed by atoms with van der Waals surface area (Å²) < 4.78 is 32.3. The summed E-state index contributed by atoms with van der Waals surface area (Å²) >= 11 is 5.90. The van der Waals surface area contributed by atoms with E-state index in [9.17, 15) is 8.42 Å². The molecule has 0 aromatic heterocycles. The van der Waals surface area contributed by atoms with E-state index in [0.29, 0.717) is 31.0 Å². The largest absolute Gasteiger partial charge is 0.494 e. The van der Waals surface area contributed by atoms with Crippen molar-refractivity contribution in [2.75, 3.05) is 19.7 Å². The normalized spacial score (nSPS) is 12.1. The summed E-state index contributed by atoms with van der Waals surface area (Å²) in [7, 11) is -3.49. The maximum absolute atomic E-state index is 12.7. The molecule has 0 bridgehead atoms. The van der Waals surface area contributed by atoms with Gasteiger partial charge in [-0.15, -0.1) is 11.6 Å². The third kappa shape index (κ3) is 4.59. The first-order valence-corrected chi connectivity index (χ1v) is 9.16. The monoisotopic (exact) mass is 333 g/mol. The Morgan fingerprint density at radius 2 is 1.95 bits per heavy atom. The molecule has 0 aliphatic rings. The minimum atomic E-state index is -3.49. The highest BCUT2D eigenvalue weighted by molar-refractivity contribution is 7.89. The quantitative estimate of drug-likeness (QED) is 0.684. The molecular weight excluding hydrogens is 310 g/mol. The summed E-state index contributed by atoms with van der Waals surface area (Å²) in [6, 6.07) is 4.87. The van der Waals surface area contributed by atoms with E-state index in [0.717, 1.165) is 0 Å². The summed E-state index contributed by atoms with van der Waals surface area (Å²) in [6.45, 7) is 9.19. The van der Waals surface area contributed by atoms with Crippen LogP contribution >= 0.6 is 11.6 Å². The molecule has 120 valence electrons. The van der Waals surface area contributed by atoms with Crippen LogP contribution in [0, 0.1) is 5.92 Å². The summed E-state index contributed by atoms with van der Waals surface area (Å²) in [5, 5.41) is 0. The Hall–Kier alpha value is -0.780. The van der Waals surface area contributed by atoms with Gasteiger partial charge in [0.25, 0.3) is 0 Å². The molecule has 0 aliphatic carbocycles. The fraction of sp³-hybridized carbons (Fsp3) is 0.600. The molecule has 0 aliphatic heterocycles. The average Bonchev–Trinajstić information content (AvgIpc) is 2.44.